The second-order valence-corrected chi connectivity index (χ2v) is 7.41. The summed E-state index contributed by atoms with van der Waals surface area (Å²) in [5.41, 5.74) is 6.41. The summed E-state index contributed by atoms with van der Waals surface area (Å²) in [5.74, 6) is -0.236. The summed E-state index contributed by atoms with van der Waals surface area (Å²) < 4.78 is 41.8. The standard InChI is InChI=1S/C13H20FNO3S/c1-9(2)19(16,17)7-6-18-13-8-11(14)4-5-12(13)10(3)15/h4-5,8-10H,6-7,15H2,1-3H3/t10-/m0/s1. The molecule has 0 aliphatic carbocycles. The number of nitrogens with two attached hydrogens (primary N) is 1. The number of rotatable bonds is 6. The van der Waals surface area contributed by atoms with Crippen molar-refractivity contribution >= 4 is 9.84 Å². The second kappa shape index (κ2) is 6.34. The molecule has 0 saturated heterocycles. The van der Waals surface area contributed by atoms with Crippen molar-refractivity contribution in [1.82, 2.24) is 0 Å². The molecule has 0 aliphatic rings. The maximum absolute atomic E-state index is 13.2. The zero-order chi connectivity index (χ0) is 14.6. The maximum atomic E-state index is 13.2. The van der Waals surface area contributed by atoms with E-state index in [1.165, 1.54) is 12.1 Å². The lowest BCUT2D eigenvalue weighted by Crippen LogP contribution is -2.22. The molecule has 108 valence electrons. The third kappa shape index (κ3) is 4.47. The van der Waals surface area contributed by atoms with E-state index in [9.17, 15) is 12.8 Å². The first-order chi connectivity index (χ1) is 8.74. The van der Waals surface area contributed by atoms with Crippen LogP contribution in [-0.2, 0) is 9.84 Å². The van der Waals surface area contributed by atoms with E-state index in [0.29, 0.717) is 11.3 Å². The fraction of sp³-hybridized carbons (Fsp3) is 0.538. The Morgan fingerprint density at radius 1 is 1.32 bits per heavy atom. The van der Waals surface area contributed by atoms with Crippen LogP contribution in [0.5, 0.6) is 5.75 Å². The highest BCUT2D eigenvalue weighted by molar-refractivity contribution is 7.91. The lowest BCUT2D eigenvalue weighted by Gasteiger charge is -2.14. The van der Waals surface area contributed by atoms with E-state index in [0.717, 1.165) is 0 Å². The molecule has 0 unspecified atom stereocenters. The van der Waals surface area contributed by atoms with Crippen molar-refractivity contribution in [2.45, 2.75) is 32.1 Å². The molecule has 1 atom stereocenters. The Kier molecular flexibility index (Phi) is 5.31. The molecular weight excluding hydrogens is 269 g/mol. The second-order valence-electron chi connectivity index (χ2n) is 4.74. The van der Waals surface area contributed by atoms with Gasteiger partial charge in [0.2, 0.25) is 0 Å². The van der Waals surface area contributed by atoms with Crippen molar-refractivity contribution in [3.8, 4) is 5.75 Å². The summed E-state index contributed by atoms with van der Waals surface area (Å²) in [5, 5.41) is -0.448. The van der Waals surface area contributed by atoms with Crippen LogP contribution in [-0.4, -0.2) is 26.0 Å². The molecule has 1 aromatic carbocycles. The van der Waals surface area contributed by atoms with E-state index >= 15 is 0 Å². The number of halogens is 1. The first kappa shape index (κ1) is 15.9. The zero-order valence-electron chi connectivity index (χ0n) is 11.4. The lowest BCUT2D eigenvalue weighted by atomic mass is 10.1. The van der Waals surface area contributed by atoms with Crippen LogP contribution in [0.15, 0.2) is 18.2 Å². The van der Waals surface area contributed by atoms with Gasteiger partial charge < -0.3 is 10.5 Å². The van der Waals surface area contributed by atoms with Crippen molar-refractivity contribution in [1.29, 1.82) is 0 Å². The van der Waals surface area contributed by atoms with Crippen LogP contribution in [0.2, 0.25) is 0 Å². The van der Waals surface area contributed by atoms with Crippen LogP contribution < -0.4 is 10.5 Å². The van der Waals surface area contributed by atoms with Crippen molar-refractivity contribution in [2.24, 2.45) is 5.73 Å². The first-order valence-corrected chi connectivity index (χ1v) is 7.85. The van der Waals surface area contributed by atoms with Gasteiger partial charge in [0.15, 0.2) is 9.84 Å². The van der Waals surface area contributed by atoms with E-state index in [1.54, 1.807) is 26.8 Å². The molecule has 6 heteroatoms. The van der Waals surface area contributed by atoms with Crippen molar-refractivity contribution in [3.05, 3.63) is 29.6 Å². The fourth-order valence-electron chi connectivity index (χ4n) is 1.51. The molecule has 0 fully saturated rings. The minimum atomic E-state index is -3.16. The minimum Gasteiger partial charge on any atom is -0.492 e. The van der Waals surface area contributed by atoms with Gasteiger partial charge in [-0.3, -0.25) is 0 Å². The number of ether oxygens (including phenoxy) is 1. The van der Waals surface area contributed by atoms with E-state index in [4.69, 9.17) is 10.5 Å². The molecular formula is C13H20FNO3S. The lowest BCUT2D eigenvalue weighted by molar-refractivity contribution is 0.333. The Bertz CT molecular complexity index is 527. The molecule has 4 nitrogen and oxygen atoms in total. The first-order valence-electron chi connectivity index (χ1n) is 6.13. The molecule has 0 heterocycles. The van der Waals surface area contributed by atoms with Gasteiger partial charge in [-0.05, 0) is 26.8 Å². The van der Waals surface area contributed by atoms with Crippen LogP contribution >= 0.6 is 0 Å². The number of sulfone groups is 1. The van der Waals surface area contributed by atoms with Gasteiger partial charge in [-0.2, -0.15) is 0 Å². The molecule has 1 rings (SSSR count). The molecule has 0 radical (unpaired) electrons. The Hall–Kier alpha value is -1.14. The largest absolute Gasteiger partial charge is 0.492 e. The highest BCUT2D eigenvalue weighted by atomic mass is 32.2. The summed E-state index contributed by atoms with van der Waals surface area (Å²) >= 11 is 0. The van der Waals surface area contributed by atoms with Gasteiger partial charge >= 0.3 is 0 Å². The van der Waals surface area contributed by atoms with Crippen LogP contribution in [0.4, 0.5) is 4.39 Å². The summed E-state index contributed by atoms with van der Waals surface area (Å²) in [4.78, 5) is 0. The molecule has 0 bridgehead atoms. The highest BCUT2D eigenvalue weighted by Crippen LogP contribution is 2.24. The SMILES string of the molecule is CC(C)S(=O)(=O)CCOc1cc(F)ccc1[C@H](C)N. The van der Waals surface area contributed by atoms with Gasteiger partial charge in [0.05, 0.1) is 11.0 Å². The van der Waals surface area contributed by atoms with Gasteiger partial charge in [-0.25, -0.2) is 12.8 Å². The number of hydrogen-bond acceptors (Lipinski definition) is 4. The molecule has 0 aromatic heterocycles. The molecule has 19 heavy (non-hydrogen) atoms. The van der Waals surface area contributed by atoms with Crippen molar-refractivity contribution in [3.63, 3.8) is 0 Å². The van der Waals surface area contributed by atoms with Gasteiger partial charge in [-0.1, -0.05) is 6.07 Å². The molecule has 0 spiro atoms. The third-order valence-electron chi connectivity index (χ3n) is 2.81. The Balaban J connectivity index is 2.75. The summed E-state index contributed by atoms with van der Waals surface area (Å²) in [6.07, 6.45) is 0. The molecule has 0 amide bonds. The van der Waals surface area contributed by atoms with E-state index < -0.39 is 20.9 Å². The van der Waals surface area contributed by atoms with E-state index in [2.05, 4.69) is 0 Å². The monoisotopic (exact) mass is 289 g/mol. The predicted octanol–water partition coefficient (Wildman–Crippen LogP) is 2.05. The average molecular weight is 289 g/mol. The summed E-state index contributed by atoms with van der Waals surface area (Å²) in [6.45, 7) is 4.98. The summed E-state index contributed by atoms with van der Waals surface area (Å²) in [6, 6.07) is 3.76. The molecule has 0 saturated carbocycles. The molecule has 0 aliphatic heterocycles. The van der Waals surface area contributed by atoms with Crippen LogP contribution in [0.1, 0.15) is 32.4 Å². The van der Waals surface area contributed by atoms with E-state index in [-0.39, 0.29) is 18.4 Å². The van der Waals surface area contributed by atoms with Gasteiger partial charge in [0, 0.05) is 17.7 Å². The van der Waals surface area contributed by atoms with E-state index in [1.807, 2.05) is 0 Å². The zero-order valence-corrected chi connectivity index (χ0v) is 12.2. The normalized spacial score (nSPS) is 13.6. The maximum Gasteiger partial charge on any atom is 0.155 e. The highest BCUT2D eigenvalue weighted by Gasteiger charge is 2.17. The van der Waals surface area contributed by atoms with Gasteiger partial charge in [-0.15, -0.1) is 0 Å². The smallest absolute Gasteiger partial charge is 0.155 e. The Labute approximate surface area is 113 Å². The van der Waals surface area contributed by atoms with Crippen LogP contribution in [0.25, 0.3) is 0 Å². The van der Waals surface area contributed by atoms with Crippen LogP contribution in [0, 0.1) is 5.82 Å². The van der Waals surface area contributed by atoms with Crippen molar-refractivity contribution < 1.29 is 17.5 Å². The van der Waals surface area contributed by atoms with Crippen molar-refractivity contribution in [2.75, 3.05) is 12.4 Å². The predicted molar refractivity (Wildman–Crippen MR) is 73.4 cm³/mol. The molecule has 1 aromatic rings. The average Bonchev–Trinajstić information content (AvgIpc) is 2.28. The fourth-order valence-corrected chi connectivity index (χ4v) is 2.30. The van der Waals surface area contributed by atoms with Crippen LogP contribution in [0.3, 0.4) is 0 Å². The number of benzene rings is 1. The van der Waals surface area contributed by atoms with Gasteiger partial charge in [0.1, 0.15) is 18.2 Å². The minimum absolute atomic E-state index is 0.0102. The topological polar surface area (TPSA) is 69.4 Å². The van der Waals surface area contributed by atoms with Gasteiger partial charge in [0.25, 0.3) is 0 Å². The number of hydrogen-bond donors (Lipinski definition) is 1. The Morgan fingerprint density at radius 3 is 2.47 bits per heavy atom. The third-order valence-corrected chi connectivity index (χ3v) is 4.98. The molecule has 2 N–H and O–H groups in total. The quantitative estimate of drug-likeness (QED) is 0.870. The summed E-state index contributed by atoms with van der Waals surface area (Å²) in [7, 11) is -3.16. The Morgan fingerprint density at radius 2 is 1.95 bits per heavy atom.